The Morgan fingerprint density at radius 3 is 2.67 bits per heavy atom. The van der Waals surface area contributed by atoms with Gasteiger partial charge in [-0.2, -0.15) is 0 Å². The molecule has 2 rings (SSSR count). The van der Waals surface area contributed by atoms with Crippen LogP contribution in [0.2, 0.25) is 10.0 Å². The Hall–Kier alpha value is -1.78. The van der Waals surface area contributed by atoms with Gasteiger partial charge >= 0.3 is 5.97 Å². The topological polar surface area (TPSA) is 38.3 Å². The third-order valence-electron chi connectivity index (χ3n) is 2.90. The highest BCUT2D eigenvalue weighted by Crippen LogP contribution is 2.26. The normalized spacial score (nSPS) is 10.3. The van der Waals surface area contributed by atoms with Crippen LogP contribution in [0.3, 0.4) is 0 Å². The molecule has 0 aromatic heterocycles. The van der Waals surface area contributed by atoms with Crippen molar-refractivity contribution < 1.29 is 13.9 Å². The van der Waals surface area contributed by atoms with Crippen molar-refractivity contribution in [2.24, 2.45) is 0 Å². The Morgan fingerprint density at radius 1 is 1.24 bits per heavy atom. The van der Waals surface area contributed by atoms with E-state index in [-0.39, 0.29) is 6.54 Å². The van der Waals surface area contributed by atoms with Crippen molar-refractivity contribution in [2.75, 3.05) is 12.4 Å². The molecule has 0 aliphatic carbocycles. The average Bonchev–Trinajstić information content (AvgIpc) is 2.47. The molecule has 0 saturated heterocycles. The predicted octanol–water partition coefficient (Wildman–Crippen LogP) is 4.53. The largest absolute Gasteiger partial charge is 0.465 e. The van der Waals surface area contributed by atoms with Gasteiger partial charge in [0.15, 0.2) is 0 Å². The van der Waals surface area contributed by atoms with Gasteiger partial charge in [0.25, 0.3) is 0 Å². The fraction of sp³-hybridized carbons (Fsp3) is 0.133. The van der Waals surface area contributed by atoms with Gasteiger partial charge in [0.05, 0.1) is 23.4 Å². The minimum Gasteiger partial charge on any atom is -0.465 e. The molecule has 3 nitrogen and oxygen atoms in total. The van der Waals surface area contributed by atoms with Gasteiger partial charge in [0.1, 0.15) is 5.82 Å². The van der Waals surface area contributed by atoms with Crippen molar-refractivity contribution >= 4 is 34.9 Å². The van der Waals surface area contributed by atoms with E-state index in [4.69, 9.17) is 23.2 Å². The van der Waals surface area contributed by atoms with Crippen molar-refractivity contribution in [1.29, 1.82) is 0 Å². The molecule has 0 aliphatic heterocycles. The highest BCUT2D eigenvalue weighted by atomic mass is 35.5. The summed E-state index contributed by atoms with van der Waals surface area (Å²) in [6.45, 7) is 0.149. The van der Waals surface area contributed by atoms with Gasteiger partial charge in [-0.05, 0) is 30.3 Å². The van der Waals surface area contributed by atoms with Crippen LogP contribution < -0.4 is 5.32 Å². The average molecular weight is 328 g/mol. The second-order valence-corrected chi connectivity index (χ2v) is 5.05. The van der Waals surface area contributed by atoms with Crippen LogP contribution in [0.15, 0.2) is 36.4 Å². The number of benzene rings is 2. The summed E-state index contributed by atoms with van der Waals surface area (Å²) in [5.74, 6) is -0.881. The van der Waals surface area contributed by atoms with E-state index in [2.05, 4.69) is 10.1 Å². The number of halogens is 3. The molecule has 0 amide bonds. The van der Waals surface area contributed by atoms with Gasteiger partial charge < -0.3 is 10.1 Å². The Labute approximate surface area is 131 Å². The van der Waals surface area contributed by atoms with E-state index in [0.717, 1.165) is 0 Å². The molecule has 6 heteroatoms. The molecule has 0 radical (unpaired) electrons. The monoisotopic (exact) mass is 327 g/mol. The molecule has 1 N–H and O–H groups in total. The SMILES string of the molecule is COC(=O)c1ccc(Cl)c(NCc2c(F)cccc2Cl)c1. The van der Waals surface area contributed by atoms with Crippen LogP contribution in [0.5, 0.6) is 0 Å². The summed E-state index contributed by atoms with van der Waals surface area (Å²) in [7, 11) is 1.29. The number of rotatable bonds is 4. The van der Waals surface area contributed by atoms with Gasteiger partial charge in [0.2, 0.25) is 0 Å². The lowest BCUT2D eigenvalue weighted by Crippen LogP contribution is -2.06. The molecule has 0 atom stereocenters. The van der Waals surface area contributed by atoms with Crippen LogP contribution in [0.1, 0.15) is 15.9 Å². The van der Waals surface area contributed by atoms with Crippen LogP contribution in [-0.4, -0.2) is 13.1 Å². The quantitative estimate of drug-likeness (QED) is 0.838. The maximum atomic E-state index is 13.7. The Morgan fingerprint density at radius 2 is 2.00 bits per heavy atom. The van der Waals surface area contributed by atoms with Crippen molar-refractivity contribution in [2.45, 2.75) is 6.54 Å². The van der Waals surface area contributed by atoms with Crippen LogP contribution in [0.25, 0.3) is 0 Å². The number of carbonyl (C=O) groups is 1. The van der Waals surface area contributed by atoms with E-state index in [9.17, 15) is 9.18 Å². The fourth-order valence-corrected chi connectivity index (χ4v) is 2.20. The zero-order valence-electron chi connectivity index (χ0n) is 11.1. The fourth-order valence-electron chi connectivity index (χ4n) is 1.79. The van der Waals surface area contributed by atoms with Crippen LogP contribution in [0.4, 0.5) is 10.1 Å². The first-order chi connectivity index (χ1) is 10.0. The number of hydrogen-bond acceptors (Lipinski definition) is 3. The number of esters is 1. The third kappa shape index (κ3) is 3.65. The lowest BCUT2D eigenvalue weighted by atomic mass is 10.1. The molecule has 0 heterocycles. The van der Waals surface area contributed by atoms with Crippen LogP contribution in [-0.2, 0) is 11.3 Å². The summed E-state index contributed by atoms with van der Waals surface area (Å²) < 4.78 is 18.3. The Kier molecular flexibility index (Phi) is 5.04. The van der Waals surface area contributed by atoms with Crippen LogP contribution in [0, 0.1) is 5.82 Å². The Balaban J connectivity index is 2.22. The smallest absolute Gasteiger partial charge is 0.337 e. The summed E-state index contributed by atoms with van der Waals surface area (Å²) in [4.78, 5) is 11.5. The number of methoxy groups -OCH3 is 1. The molecule has 2 aromatic carbocycles. The second-order valence-electron chi connectivity index (χ2n) is 4.24. The van der Waals surface area contributed by atoms with E-state index in [1.807, 2.05) is 0 Å². The first-order valence-electron chi connectivity index (χ1n) is 6.07. The predicted molar refractivity (Wildman–Crippen MR) is 81.5 cm³/mol. The standard InChI is InChI=1S/C15H12Cl2FNO2/c1-21-15(20)9-5-6-12(17)14(7-9)19-8-10-11(16)3-2-4-13(10)18/h2-7,19H,8H2,1H3. The van der Waals surface area contributed by atoms with Crippen molar-refractivity contribution in [3.05, 3.63) is 63.4 Å². The zero-order valence-corrected chi connectivity index (χ0v) is 12.6. The van der Waals surface area contributed by atoms with Crippen molar-refractivity contribution in [1.82, 2.24) is 0 Å². The molecule has 0 spiro atoms. The summed E-state index contributed by atoms with van der Waals surface area (Å²) >= 11 is 12.0. The molecule has 0 fully saturated rings. The van der Waals surface area contributed by atoms with Gasteiger partial charge in [-0.3, -0.25) is 0 Å². The first kappa shape index (κ1) is 15.6. The number of ether oxygens (including phenoxy) is 1. The van der Waals surface area contributed by atoms with Gasteiger partial charge in [-0.1, -0.05) is 29.3 Å². The van der Waals surface area contributed by atoms with Crippen LogP contribution >= 0.6 is 23.2 Å². The number of hydrogen-bond donors (Lipinski definition) is 1. The summed E-state index contributed by atoms with van der Waals surface area (Å²) in [6.07, 6.45) is 0. The number of nitrogens with one attached hydrogen (secondary N) is 1. The number of carbonyl (C=O) groups excluding carboxylic acids is 1. The van der Waals surface area contributed by atoms with E-state index >= 15 is 0 Å². The maximum absolute atomic E-state index is 13.7. The molecule has 0 aliphatic rings. The number of anilines is 1. The lowest BCUT2D eigenvalue weighted by molar-refractivity contribution is 0.0601. The van der Waals surface area contributed by atoms with E-state index in [0.29, 0.717) is 26.9 Å². The minimum atomic E-state index is -0.473. The molecule has 0 saturated carbocycles. The molecule has 21 heavy (non-hydrogen) atoms. The minimum absolute atomic E-state index is 0.149. The highest BCUT2D eigenvalue weighted by Gasteiger charge is 2.11. The molecule has 110 valence electrons. The first-order valence-corrected chi connectivity index (χ1v) is 6.83. The third-order valence-corrected chi connectivity index (χ3v) is 3.59. The molecule has 2 aromatic rings. The second kappa shape index (κ2) is 6.78. The van der Waals surface area contributed by atoms with Crippen molar-refractivity contribution in [3.8, 4) is 0 Å². The van der Waals surface area contributed by atoms with Crippen molar-refractivity contribution in [3.63, 3.8) is 0 Å². The Bertz CT molecular complexity index is 656. The lowest BCUT2D eigenvalue weighted by Gasteiger charge is -2.11. The summed E-state index contributed by atoms with van der Waals surface area (Å²) in [5, 5.41) is 3.70. The van der Waals surface area contributed by atoms with Gasteiger partial charge in [-0.25, -0.2) is 9.18 Å². The van der Waals surface area contributed by atoms with Gasteiger partial charge in [0, 0.05) is 17.1 Å². The van der Waals surface area contributed by atoms with Gasteiger partial charge in [-0.15, -0.1) is 0 Å². The molecule has 0 unspecified atom stereocenters. The van der Waals surface area contributed by atoms with E-state index in [1.165, 1.54) is 19.2 Å². The zero-order chi connectivity index (χ0) is 15.4. The highest BCUT2D eigenvalue weighted by molar-refractivity contribution is 6.33. The molecular weight excluding hydrogens is 316 g/mol. The van der Waals surface area contributed by atoms with E-state index < -0.39 is 11.8 Å². The van der Waals surface area contributed by atoms with E-state index in [1.54, 1.807) is 24.3 Å². The molecular formula is C15H12Cl2FNO2. The molecule has 0 bridgehead atoms. The maximum Gasteiger partial charge on any atom is 0.337 e. The summed E-state index contributed by atoms with van der Waals surface area (Å²) in [5.41, 5.74) is 1.18. The summed E-state index contributed by atoms with van der Waals surface area (Å²) in [6, 6.07) is 9.13.